The summed E-state index contributed by atoms with van der Waals surface area (Å²) >= 11 is 0. The first-order valence-electron chi connectivity index (χ1n) is 7.36. The van der Waals surface area contributed by atoms with E-state index in [2.05, 4.69) is 10.1 Å². The topological polar surface area (TPSA) is 85.1 Å². The summed E-state index contributed by atoms with van der Waals surface area (Å²) in [6.45, 7) is 2.03. The number of carboxylic acid groups (broad SMARTS) is 1. The number of aromatic nitrogens is 3. The fraction of sp³-hybridized carbons (Fsp3) is 0.111. The van der Waals surface area contributed by atoms with Gasteiger partial charge in [-0.3, -0.25) is 9.78 Å². The van der Waals surface area contributed by atoms with Crippen LogP contribution in [-0.2, 0) is 6.54 Å². The predicted molar refractivity (Wildman–Crippen MR) is 89.0 cm³/mol. The number of aromatic carboxylic acids is 1. The summed E-state index contributed by atoms with van der Waals surface area (Å²) in [6.07, 6.45) is 3.36. The Morgan fingerprint density at radius 2 is 2.04 bits per heavy atom. The van der Waals surface area contributed by atoms with Gasteiger partial charge in [-0.1, -0.05) is 12.1 Å². The van der Waals surface area contributed by atoms with Crippen molar-refractivity contribution in [2.24, 2.45) is 0 Å². The number of hydrogen-bond acceptors (Lipinski definition) is 4. The Kier molecular flexibility index (Phi) is 4.20. The van der Waals surface area contributed by atoms with Crippen molar-refractivity contribution < 1.29 is 9.90 Å². The maximum absolute atomic E-state index is 12.2. The lowest BCUT2D eigenvalue weighted by Crippen LogP contribution is -2.24. The van der Waals surface area contributed by atoms with Crippen molar-refractivity contribution in [3.8, 4) is 11.3 Å². The maximum Gasteiger partial charge on any atom is 0.335 e. The highest BCUT2D eigenvalue weighted by atomic mass is 16.4. The van der Waals surface area contributed by atoms with Crippen molar-refractivity contribution >= 4 is 5.97 Å². The van der Waals surface area contributed by atoms with Gasteiger partial charge < -0.3 is 5.11 Å². The smallest absolute Gasteiger partial charge is 0.335 e. The van der Waals surface area contributed by atoms with Crippen LogP contribution in [0.5, 0.6) is 0 Å². The minimum Gasteiger partial charge on any atom is -0.478 e. The average molecular weight is 321 g/mol. The van der Waals surface area contributed by atoms with Crippen molar-refractivity contribution in [1.82, 2.24) is 14.8 Å². The van der Waals surface area contributed by atoms with Gasteiger partial charge in [-0.15, -0.1) is 0 Å². The first-order valence-corrected chi connectivity index (χ1v) is 7.36. The van der Waals surface area contributed by atoms with Crippen LogP contribution in [0.1, 0.15) is 21.5 Å². The highest BCUT2D eigenvalue weighted by Gasteiger charge is 2.10. The normalized spacial score (nSPS) is 10.5. The fourth-order valence-corrected chi connectivity index (χ4v) is 2.45. The van der Waals surface area contributed by atoms with E-state index in [4.69, 9.17) is 5.11 Å². The largest absolute Gasteiger partial charge is 0.478 e. The first-order chi connectivity index (χ1) is 11.5. The molecule has 6 heteroatoms. The molecule has 0 unspecified atom stereocenters. The van der Waals surface area contributed by atoms with Crippen molar-refractivity contribution in [2.75, 3.05) is 0 Å². The number of pyridine rings is 1. The van der Waals surface area contributed by atoms with Gasteiger partial charge in [0.25, 0.3) is 5.56 Å². The van der Waals surface area contributed by atoms with Crippen LogP contribution >= 0.6 is 0 Å². The summed E-state index contributed by atoms with van der Waals surface area (Å²) in [5.74, 6) is -1.00. The van der Waals surface area contributed by atoms with Gasteiger partial charge in [0.1, 0.15) is 0 Å². The minimum absolute atomic E-state index is 0.181. The lowest BCUT2D eigenvalue weighted by atomic mass is 10.1. The van der Waals surface area contributed by atoms with Crippen molar-refractivity contribution in [2.45, 2.75) is 13.5 Å². The summed E-state index contributed by atoms with van der Waals surface area (Å²) in [5.41, 5.74) is 2.91. The molecule has 2 aromatic heterocycles. The molecule has 0 fully saturated rings. The number of benzene rings is 1. The van der Waals surface area contributed by atoms with Gasteiger partial charge >= 0.3 is 5.97 Å². The Morgan fingerprint density at radius 1 is 1.21 bits per heavy atom. The molecule has 0 aliphatic carbocycles. The SMILES string of the molecule is Cc1cc(=O)n(Cc2cccc(C(=O)O)c2)nc1-c1cccnc1. The van der Waals surface area contributed by atoms with Gasteiger partial charge in [-0.05, 0) is 42.3 Å². The standard InChI is InChI=1S/C18H15N3O3/c1-12-8-16(22)21(20-17(12)15-6-3-7-19-10-15)11-13-4-2-5-14(9-13)18(23)24/h2-10H,11H2,1H3,(H,23,24). The van der Waals surface area contributed by atoms with Crippen LogP contribution in [0.2, 0.25) is 0 Å². The Bertz CT molecular complexity index is 949. The van der Waals surface area contributed by atoms with Crippen molar-refractivity contribution in [3.05, 3.63) is 81.9 Å². The second-order valence-corrected chi connectivity index (χ2v) is 5.42. The lowest BCUT2D eigenvalue weighted by molar-refractivity contribution is 0.0696. The molecule has 24 heavy (non-hydrogen) atoms. The molecule has 0 saturated carbocycles. The van der Waals surface area contributed by atoms with Gasteiger partial charge in [-0.25, -0.2) is 9.48 Å². The van der Waals surface area contributed by atoms with Crippen LogP contribution in [0, 0.1) is 6.92 Å². The van der Waals surface area contributed by atoms with Gasteiger partial charge in [0, 0.05) is 24.0 Å². The van der Waals surface area contributed by atoms with Crippen LogP contribution in [0.25, 0.3) is 11.3 Å². The molecule has 3 aromatic rings. The number of hydrogen-bond donors (Lipinski definition) is 1. The Labute approximate surface area is 138 Å². The quantitative estimate of drug-likeness (QED) is 0.797. The zero-order chi connectivity index (χ0) is 17.1. The average Bonchev–Trinajstić information content (AvgIpc) is 2.58. The zero-order valence-corrected chi connectivity index (χ0v) is 13.0. The molecule has 120 valence electrons. The van der Waals surface area contributed by atoms with E-state index in [1.54, 1.807) is 30.6 Å². The van der Waals surface area contributed by atoms with Crippen molar-refractivity contribution in [3.63, 3.8) is 0 Å². The second kappa shape index (κ2) is 6.45. The van der Waals surface area contributed by atoms with E-state index in [0.717, 1.165) is 11.1 Å². The molecule has 0 atom stereocenters. The Hall–Kier alpha value is -3.28. The predicted octanol–water partition coefficient (Wildman–Crippen LogP) is 2.36. The second-order valence-electron chi connectivity index (χ2n) is 5.42. The molecule has 3 rings (SSSR count). The third kappa shape index (κ3) is 3.22. The minimum atomic E-state index is -1.00. The number of rotatable bonds is 4. The van der Waals surface area contributed by atoms with Crippen LogP contribution in [0.15, 0.2) is 59.7 Å². The Morgan fingerprint density at radius 3 is 2.75 bits per heavy atom. The van der Waals surface area contributed by atoms with E-state index in [1.165, 1.54) is 16.8 Å². The number of aryl methyl sites for hydroxylation is 1. The zero-order valence-electron chi connectivity index (χ0n) is 13.0. The van der Waals surface area contributed by atoms with Gasteiger partial charge in [0.15, 0.2) is 0 Å². The number of nitrogens with zero attached hydrogens (tertiary/aromatic N) is 3. The first kappa shape index (κ1) is 15.6. The molecule has 0 radical (unpaired) electrons. The highest BCUT2D eigenvalue weighted by Crippen LogP contribution is 2.18. The van der Waals surface area contributed by atoms with Gasteiger partial charge in [-0.2, -0.15) is 5.10 Å². The molecule has 0 aliphatic heterocycles. The monoisotopic (exact) mass is 321 g/mol. The summed E-state index contributed by atoms with van der Waals surface area (Å²) in [5, 5.41) is 13.5. The van der Waals surface area contributed by atoms with E-state index in [0.29, 0.717) is 11.3 Å². The van der Waals surface area contributed by atoms with Gasteiger partial charge in [0.05, 0.1) is 17.8 Å². The van der Waals surface area contributed by atoms with E-state index in [1.807, 2.05) is 19.1 Å². The van der Waals surface area contributed by atoms with E-state index in [-0.39, 0.29) is 17.7 Å². The molecule has 2 heterocycles. The summed E-state index contributed by atoms with van der Waals surface area (Å²) in [7, 11) is 0. The lowest BCUT2D eigenvalue weighted by Gasteiger charge is -2.10. The summed E-state index contributed by atoms with van der Waals surface area (Å²) in [6, 6.07) is 11.7. The molecule has 1 aromatic carbocycles. The number of carboxylic acids is 1. The molecular weight excluding hydrogens is 306 g/mol. The van der Waals surface area contributed by atoms with Gasteiger partial charge in [0.2, 0.25) is 0 Å². The van der Waals surface area contributed by atoms with Crippen LogP contribution in [0.4, 0.5) is 0 Å². The third-order valence-corrected chi connectivity index (χ3v) is 3.63. The third-order valence-electron chi connectivity index (χ3n) is 3.63. The molecule has 1 N–H and O–H groups in total. The molecular formula is C18H15N3O3. The van der Waals surface area contributed by atoms with Crippen LogP contribution in [0.3, 0.4) is 0 Å². The number of carbonyl (C=O) groups is 1. The maximum atomic E-state index is 12.2. The summed E-state index contributed by atoms with van der Waals surface area (Å²) < 4.78 is 1.33. The molecule has 0 aliphatic rings. The van der Waals surface area contributed by atoms with E-state index >= 15 is 0 Å². The molecule has 6 nitrogen and oxygen atoms in total. The molecule has 0 spiro atoms. The molecule has 0 bridgehead atoms. The van der Waals surface area contributed by atoms with E-state index in [9.17, 15) is 9.59 Å². The van der Waals surface area contributed by atoms with Crippen LogP contribution in [-0.4, -0.2) is 25.8 Å². The fourth-order valence-electron chi connectivity index (χ4n) is 2.45. The van der Waals surface area contributed by atoms with E-state index < -0.39 is 5.97 Å². The Balaban J connectivity index is 2.01. The highest BCUT2D eigenvalue weighted by molar-refractivity contribution is 5.87. The molecule has 0 saturated heterocycles. The van der Waals surface area contributed by atoms with Crippen LogP contribution < -0.4 is 5.56 Å². The summed E-state index contributed by atoms with van der Waals surface area (Å²) in [4.78, 5) is 27.4. The van der Waals surface area contributed by atoms with Crippen molar-refractivity contribution in [1.29, 1.82) is 0 Å². The molecule has 0 amide bonds.